The van der Waals surface area contributed by atoms with Crippen molar-refractivity contribution in [1.82, 2.24) is 9.55 Å². The van der Waals surface area contributed by atoms with Crippen molar-refractivity contribution in [2.75, 3.05) is 12.3 Å². The predicted molar refractivity (Wildman–Crippen MR) is 64.7 cm³/mol. The molecule has 9 heteroatoms. The van der Waals surface area contributed by atoms with Crippen LogP contribution in [-0.4, -0.2) is 31.1 Å². The van der Waals surface area contributed by atoms with Crippen molar-refractivity contribution in [2.45, 2.75) is 6.54 Å². The van der Waals surface area contributed by atoms with Crippen molar-refractivity contribution in [3.63, 3.8) is 0 Å². The number of aliphatic hydroxyl groups excluding tert-OH is 1. The van der Waals surface area contributed by atoms with Gasteiger partial charge in [-0.3, -0.25) is 9.13 Å². The Morgan fingerprint density at radius 3 is 2.72 bits per heavy atom. The molecule has 1 aromatic rings. The molecular weight excluding hydrogens is 261 g/mol. The summed E-state index contributed by atoms with van der Waals surface area (Å²) in [5.41, 5.74) is 4.73. The summed E-state index contributed by atoms with van der Waals surface area (Å²) in [4.78, 5) is 32.2. The number of hydrogen-bond donors (Lipinski definition) is 4. The highest BCUT2D eigenvalue weighted by atomic mass is 31.2. The first-order valence-corrected chi connectivity index (χ1v) is 6.68. The van der Waals surface area contributed by atoms with Gasteiger partial charge in [0.15, 0.2) is 0 Å². The highest BCUT2D eigenvalue weighted by molar-refractivity contribution is 7.55. The molecule has 0 aliphatic carbocycles. The second-order valence-electron chi connectivity index (χ2n) is 3.66. The van der Waals surface area contributed by atoms with E-state index in [0.29, 0.717) is 5.82 Å². The molecule has 0 bridgehead atoms. The largest absolute Gasteiger partial charge is 0.396 e. The molecule has 1 rings (SSSR count). The first-order valence-electron chi connectivity index (χ1n) is 5.00. The summed E-state index contributed by atoms with van der Waals surface area (Å²) in [6.45, 7) is -0.299. The number of aliphatic hydroxyl groups is 1. The van der Waals surface area contributed by atoms with Crippen LogP contribution >= 0.6 is 7.60 Å². The normalized spacial score (nSPS) is 13.9. The van der Waals surface area contributed by atoms with Crippen LogP contribution in [0.15, 0.2) is 29.0 Å². The van der Waals surface area contributed by atoms with Gasteiger partial charge in [0.25, 0.3) is 0 Å². The second kappa shape index (κ2) is 5.92. The molecule has 8 nitrogen and oxygen atoms in total. The number of nitrogens with zero attached hydrogens (tertiary/aromatic N) is 2. The molecule has 0 aromatic carbocycles. The monoisotopic (exact) mass is 275 g/mol. The number of nitrogens with two attached hydrogens (primary N) is 1. The maximum Gasteiger partial charge on any atom is 0.349 e. The molecule has 0 unspecified atom stereocenters. The highest BCUT2D eigenvalue weighted by Gasteiger charge is 2.11. The summed E-state index contributed by atoms with van der Waals surface area (Å²) in [5.74, 6) is 0.187. The van der Waals surface area contributed by atoms with Crippen LogP contribution in [0.5, 0.6) is 0 Å². The Morgan fingerprint density at radius 1 is 1.56 bits per heavy atom. The molecule has 0 aliphatic heterocycles. The fourth-order valence-corrected chi connectivity index (χ4v) is 1.71. The van der Waals surface area contributed by atoms with Crippen LogP contribution in [0, 0.1) is 5.92 Å². The third-order valence-corrected chi connectivity index (χ3v) is 2.67. The second-order valence-corrected chi connectivity index (χ2v) is 5.14. The van der Waals surface area contributed by atoms with E-state index in [-0.39, 0.29) is 19.0 Å². The summed E-state index contributed by atoms with van der Waals surface area (Å²) < 4.78 is 11.8. The summed E-state index contributed by atoms with van der Waals surface area (Å²) in [5, 5.41) is 9.06. The molecule has 1 heterocycles. The molecule has 100 valence electrons. The minimum absolute atomic E-state index is 0.0547. The van der Waals surface area contributed by atoms with Crippen molar-refractivity contribution < 1.29 is 19.5 Å². The smallest absolute Gasteiger partial charge is 0.349 e. The Labute approximate surface area is 103 Å². The fraction of sp³-hybridized carbons (Fsp3) is 0.333. The van der Waals surface area contributed by atoms with Gasteiger partial charge in [-0.25, -0.2) is 4.79 Å². The van der Waals surface area contributed by atoms with E-state index >= 15 is 0 Å². The Kier molecular flexibility index (Phi) is 4.80. The number of aromatic nitrogens is 2. The zero-order chi connectivity index (χ0) is 13.8. The lowest BCUT2D eigenvalue weighted by atomic mass is 10.1. The molecule has 5 N–H and O–H groups in total. The number of nitrogen functional groups attached to an aromatic ring is 1. The zero-order valence-corrected chi connectivity index (χ0v) is 10.3. The maximum atomic E-state index is 11.4. The van der Waals surface area contributed by atoms with Crippen LogP contribution in [0.1, 0.15) is 0 Å². The lowest BCUT2D eigenvalue weighted by Crippen LogP contribution is -2.27. The molecular formula is C9H14N3O5P. The van der Waals surface area contributed by atoms with E-state index < -0.39 is 19.2 Å². The summed E-state index contributed by atoms with van der Waals surface area (Å²) in [6, 6.07) is 1.42. The van der Waals surface area contributed by atoms with Gasteiger partial charge in [-0.2, -0.15) is 4.98 Å². The third-order valence-electron chi connectivity index (χ3n) is 2.11. The molecule has 0 saturated carbocycles. The molecule has 18 heavy (non-hydrogen) atoms. The molecule has 0 fully saturated rings. The van der Waals surface area contributed by atoms with Gasteiger partial charge in [0, 0.05) is 24.5 Å². The van der Waals surface area contributed by atoms with E-state index in [0.717, 1.165) is 0 Å². The topological polar surface area (TPSA) is 139 Å². The lowest BCUT2D eigenvalue weighted by molar-refractivity contribution is 0.238. The fourth-order valence-electron chi connectivity index (χ4n) is 1.25. The SMILES string of the molecule is Nc1ccn(C[C@@H](/C=C/P(=O)(O)O)CO)c(=O)n1. The number of anilines is 1. The van der Waals surface area contributed by atoms with E-state index in [1.54, 1.807) is 0 Å². The quantitative estimate of drug-likeness (QED) is 0.512. The standard InChI is InChI=1S/C9H14N3O5P/c10-8-1-3-12(9(14)11-8)5-7(6-13)2-4-18(15,16)17/h1-4,7,13H,5-6H2,(H2,10,11,14)(H2,15,16,17)/b4-2+/t7-/m1/s1. The van der Waals surface area contributed by atoms with Crippen LogP contribution in [0.2, 0.25) is 0 Å². The van der Waals surface area contributed by atoms with Crippen molar-refractivity contribution in [3.05, 3.63) is 34.6 Å². The Morgan fingerprint density at radius 2 is 2.22 bits per heavy atom. The first-order chi connectivity index (χ1) is 8.31. The predicted octanol–water partition coefficient (Wildman–Crippen LogP) is -0.875. The Balaban J connectivity index is 2.84. The van der Waals surface area contributed by atoms with Gasteiger partial charge < -0.3 is 20.6 Å². The molecule has 1 aromatic heterocycles. The van der Waals surface area contributed by atoms with Gasteiger partial charge in [-0.05, 0) is 6.07 Å². The first kappa shape index (κ1) is 14.6. The van der Waals surface area contributed by atoms with Crippen LogP contribution in [0.4, 0.5) is 5.82 Å². The van der Waals surface area contributed by atoms with E-state index in [2.05, 4.69) is 4.98 Å². The molecule has 1 atom stereocenters. The van der Waals surface area contributed by atoms with E-state index in [4.69, 9.17) is 20.6 Å². The van der Waals surface area contributed by atoms with Crippen molar-refractivity contribution in [3.8, 4) is 0 Å². The highest BCUT2D eigenvalue weighted by Crippen LogP contribution is 2.36. The summed E-state index contributed by atoms with van der Waals surface area (Å²) in [6.07, 6.45) is 2.57. The average molecular weight is 275 g/mol. The third kappa shape index (κ3) is 4.80. The van der Waals surface area contributed by atoms with Crippen molar-refractivity contribution in [1.29, 1.82) is 0 Å². The zero-order valence-electron chi connectivity index (χ0n) is 9.38. The Bertz CT molecular complexity index is 535. The molecule has 0 radical (unpaired) electrons. The van der Waals surface area contributed by atoms with Gasteiger partial charge in [-0.1, -0.05) is 6.08 Å². The molecule has 0 saturated heterocycles. The lowest BCUT2D eigenvalue weighted by Gasteiger charge is -2.11. The average Bonchev–Trinajstić information content (AvgIpc) is 2.25. The summed E-state index contributed by atoms with van der Waals surface area (Å²) in [7, 11) is -4.27. The summed E-state index contributed by atoms with van der Waals surface area (Å²) >= 11 is 0. The van der Waals surface area contributed by atoms with Crippen molar-refractivity contribution in [2.24, 2.45) is 5.92 Å². The van der Waals surface area contributed by atoms with Gasteiger partial charge >= 0.3 is 13.3 Å². The van der Waals surface area contributed by atoms with Crippen LogP contribution in [-0.2, 0) is 11.1 Å². The van der Waals surface area contributed by atoms with Crippen molar-refractivity contribution >= 4 is 13.4 Å². The van der Waals surface area contributed by atoms with Gasteiger partial charge in [0.05, 0.1) is 6.61 Å². The minimum atomic E-state index is -4.27. The Hall–Kier alpha value is -1.47. The van der Waals surface area contributed by atoms with Gasteiger partial charge in [0.1, 0.15) is 5.82 Å². The van der Waals surface area contributed by atoms with E-state index in [1.165, 1.54) is 22.9 Å². The van der Waals surface area contributed by atoms with Crippen LogP contribution in [0.3, 0.4) is 0 Å². The number of rotatable bonds is 5. The van der Waals surface area contributed by atoms with Gasteiger partial charge in [0.2, 0.25) is 0 Å². The minimum Gasteiger partial charge on any atom is -0.396 e. The van der Waals surface area contributed by atoms with Gasteiger partial charge in [-0.15, -0.1) is 0 Å². The molecule has 0 spiro atoms. The maximum absolute atomic E-state index is 11.4. The van der Waals surface area contributed by atoms with E-state index in [1.807, 2.05) is 0 Å². The molecule has 0 amide bonds. The molecule has 0 aliphatic rings. The van der Waals surface area contributed by atoms with Crippen LogP contribution < -0.4 is 11.4 Å². The number of hydrogen-bond acceptors (Lipinski definition) is 5. The van der Waals surface area contributed by atoms with E-state index in [9.17, 15) is 9.36 Å². The van der Waals surface area contributed by atoms with Crippen LogP contribution in [0.25, 0.3) is 0 Å².